The molecule has 0 spiro atoms. The summed E-state index contributed by atoms with van der Waals surface area (Å²) in [6.45, 7) is 0.782. The van der Waals surface area contributed by atoms with Gasteiger partial charge in [0.25, 0.3) is 5.91 Å². The van der Waals surface area contributed by atoms with Crippen LogP contribution in [0.3, 0.4) is 0 Å². The smallest absolute Gasteiger partial charge is 0.323 e. The van der Waals surface area contributed by atoms with E-state index in [1.165, 1.54) is 65.6 Å². The van der Waals surface area contributed by atoms with Gasteiger partial charge in [0.1, 0.15) is 10.9 Å². The number of carbonyl (C=O) groups is 2. The number of anilines is 1. The molecule has 2 unspecified atom stereocenters. The van der Waals surface area contributed by atoms with Crippen molar-refractivity contribution in [2.75, 3.05) is 18.0 Å². The zero-order chi connectivity index (χ0) is 19.4. The summed E-state index contributed by atoms with van der Waals surface area (Å²) in [6.07, 6.45) is 9.30. The number of aliphatic carboxylic acids is 1. The van der Waals surface area contributed by atoms with E-state index in [9.17, 15) is 9.59 Å². The van der Waals surface area contributed by atoms with E-state index in [4.69, 9.17) is 17.3 Å². The van der Waals surface area contributed by atoms with E-state index in [2.05, 4.69) is 17.0 Å². The number of amides is 1. The summed E-state index contributed by atoms with van der Waals surface area (Å²) in [6, 6.07) is 5.12. The van der Waals surface area contributed by atoms with E-state index >= 15 is 0 Å². The maximum atomic E-state index is 12.6. The van der Waals surface area contributed by atoms with Crippen molar-refractivity contribution in [2.24, 2.45) is 0 Å². The Hall–Kier alpha value is -1.86. The summed E-state index contributed by atoms with van der Waals surface area (Å²) in [5.74, 6) is -0.748. The maximum absolute atomic E-state index is 12.6. The Morgan fingerprint density at radius 3 is 2.93 bits per heavy atom. The molecule has 0 aromatic heterocycles. The van der Waals surface area contributed by atoms with Crippen LogP contribution in [0.2, 0.25) is 0 Å². The maximum Gasteiger partial charge on any atom is 0.323 e. The summed E-state index contributed by atoms with van der Waals surface area (Å²) >= 11 is 6.41. The molecule has 1 aromatic rings. The van der Waals surface area contributed by atoms with Crippen LogP contribution in [0.25, 0.3) is 6.08 Å². The van der Waals surface area contributed by atoms with Crippen LogP contribution in [0.4, 0.5) is 5.69 Å². The summed E-state index contributed by atoms with van der Waals surface area (Å²) in [7, 11) is 0. The Bertz CT molecular complexity index is 926. The summed E-state index contributed by atoms with van der Waals surface area (Å²) < 4.78 is 0.319. The van der Waals surface area contributed by atoms with Gasteiger partial charge >= 0.3 is 5.97 Å². The van der Waals surface area contributed by atoms with E-state index < -0.39 is 5.97 Å². The van der Waals surface area contributed by atoms with Gasteiger partial charge in [-0.3, -0.25) is 14.5 Å². The van der Waals surface area contributed by atoms with Crippen LogP contribution in [0.1, 0.15) is 54.7 Å². The number of nitrogens with zero attached hydrogens (tertiary/aromatic N) is 2. The molecule has 1 aliphatic carbocycles. The van der Waals surface area contributed by atoms with Crippen molar-refractivity contribution in [3.63, 3.8) is 0 Å². The lowest BCUT2D eigenvalue weighted by Gasteiger charge is -2.36. The quantitative estimate of drug-likeness (QED) is 0.600. The minimum atomic E-state index is -1.05. The lowest BCUT2D eigenvalue weighted by Crippen LogP contribution is -2.38. The second-order valence-electron chi connectivity index (χ2n) is 8.03. The van der Waals surface area contributed by atoms with Crippen molar-refractivity contribution in [3.05, 3.63) is 33.7 Å². The third kappa shape index (κ3) is 2.87. The normalized spacial score (nSPS) is 27.4. The Morgan fingerprint density at radius 2 is 2.11 bits per heavy atom. The van der Waals surface area contributed by atoms with E-state index in [1.54, 1.807) is 0 Å². The van der Waals surface area contributed by atoms with Gasteiger partial charge in [-0.15, -0.1) is 0 Å². The minimum Gasteiger partial charge on any atom is -0.480 e. The molecule has 4 aliphatic rings. The fourth-order valence-electron chi connectivity index (χ4n) is 5.30. The zero-order valence-corrected chi connectivity index (χ0v) is 17.2. The number of thiocarbonyl (C=S) groups is 1. The monoisotopic (exact) mass is 414 g/mol. The summed E-state index contributed by atoms with van der Waals surface area (Å²) in [5.41, 5.74) is 5.34. The summed E-state index contributed by atoms with van der Waals surface area (Å²) in [5, 5.41) is 9.01. The van der Waals surface area contributed by atoms with E-state index in [1.807, 2.05) is 6.08 Å². The Labute approximate surface area is 173 Å². The van der Waals surface area contributed by atoms with Gasteiger partial charge in [-0.2, -0.15) is 0 Å². The van der Waals surface area contributed by atoms with Crippen LogP contribution in [0.5, 0.6) is 0 Å². The predicted molar refractivity (Wildman–Crippen MR) is 115 cm³/mol. The lowest BCUT2D eigenvalue weighted by molar-refractivity contribution is -0.140. The van der Waals surface area contributed by atoms with Crippen LogP contribution in [0, 0.1) is 0 Å². The summed E-state index contributed by atoms with van der Waals surface area (Å²) in [4.78, 5) is 28.0. The van der Waals surface area contributed by atoms with Crippen LogP contribution >= 0.6 is 24.0 Å². The topological polar surface area (TPSA) is 60.9 Å². The van der Waals surface area contributed by atoms with Gasteiger partial charge in [0.05, 0.1) is 4.91 Å². The number of carboxylic acids is 1. The molecule has 1 amide bonds. The molecule has 1 aromatic carbocycles. The van der Waals surface area contributed by atoms with Crippen molar-refractivity contribution in [3.8, 4) is 0 Å². The van der Waals surface area contributed by atoms with Gasteiger partial charge in [-0.05, 0) is 60.6 Å². The number of hydrogen-bond acceptors (Lipinski definition) is 5. The van der Waals surface area contributed by atoms with Gasteiger partial charge in [0.2, 0.25) is 0 Å². The highest BCUT2D eigenvalue weighted by Crippen LogP contribution is 2.51. The Kier molecular flexibility index (Phi) is 4.47. The minimum absolute atomic E-state index is 0.302. The molecule has 1 saturated carbocycles. The molecule has 3 aliphatic heterocycles. The number of fused-ring (bicyclic) bond motifs is 3. The molecule has 2 fully saturated rings. The highest BCUT2D eigenvalue weighted by molar-refractivity contribution is 8.26. The fourth-order valence-corrected chi connectivity index (χ4v) is 6.56. The van der Waals surface area contributed by atoms with Crippen molar-refractivity contribution in [1.82, 2.24) is 4.90 Å². The van der Waals surface area contributed by atoms with Crippen LogP contribution in [-0.2, 0) is 16.0 Å². The molecular formula is C21H22N2O3S2. The van der Waals surface area contributed by atoms with Crippen molar-refractivity contribution >= 4 is 51.9 Å². The average molecular weight is 415 g/mol. The molecule has 3 heterocycles. The molecule has 7 heteroatoms. The predicted octanol–water partition coefficient (Wildman–Crippen LogP) is 3.76. The molecule has 0 bridgehead atoms. The standard InChI is InChI=1S/C21H22N2O3S2/c24-18(25)11-23-20(26)17(28-21(23)27)10-12-8-13-4-3-7-22-16-6-2-1-5-14(16)15(9-12)19(13)22/h8-10,14,16H,1-7,11H2,(H,24,25). The zero-order valence-electron chi connectivity index (χ0n) is 15.5. The number of carboxylic acid groups (broad SMARTS) is 1. The largest absolute Gasteiger partial charge is 0.480 e. The van der Waals surface area contributed by atoms with Crippen molar-refractivity contribution < 1.29 is 14.7 Å². The molecule has 0 radical (unpaired) electrons. The number of benzene rings is 1. The fraction of sp³-hybridized carbons (Fsp3) is 0.476. The Balaban J connectivity index is 1.52. The number of carbonyl (C=O) groups excluding carboxylic acids is 1. The van der Waals surface area contributed by atoms with Crippen LogP contribution in [-0.4, -0.2) is 45.3 Å². The second kappa shape index (κ2) is 6.88. The molecule has 2 atom stereocenters. The van der Waals surface area contributed by atoms with Crippen LogP contribution < -0.4 is 4.90 Å². The van der Waals surface area contributed by atoms with Gasteiger partial charge in [0.15, 0.2) is 0 Å². The first-order valence-corrected chi connectivity index (χ1v) is 11.2. The molecule has 1 N–H and O–H groups in total. The van der Waals surface area contributed by atoms with Gasteiger partial charge < -0.3 is 10.0 Å². The van der Waals surface area contributed by atoms with Gasteiger partial charge in [0, 0.05) is 24.2 Å². The first-order valence-electron chi connectivity index (χ1n) is 9.93. The number of rotatable bonds is 3. The molecule has 146 valence electrons. The molecule has 1 saturated heterocycles. The SMILES string of the molecule is O=C(O)CN1C(=O)C(=Cc2cc3c4c(c2)C2CCCCC2N4CCC3)SC1=S. The van der Waals surface area contributed by atoms with Gasteiger partial charge in [-0.1, -0.05) is 36.8 Å². The number of hydrogen-bond donors (Lipinski definition) is 1. The number of thioether (sulfide) groups is 1. The van der Waals surface area contributed by atoms with E-state index in [0.717, 1.165) is 18.5 Å². The molecule has 5 nitrogen and oxygen atoms in total. The highest BCUT2D eigenvalue weighted by atomic mass is 32.2. The third-order valence-electron chi connectivity index (χ3n) is 6.37. The second-order valence-corrected chi connectivity index (χ2v) is 9.71. The first-order chi connectivity index (χ1) is 13.5. The first kappa shape index (κ1) is 18.2. The van der Waals surface area contributed by atoms with Crippen molar-refractivity contribution in [2.45, 2.75) is 50.5 Å². The molecule has 28 heavy (non-hydrogen) atoms. The van der Waals surface area contributed by atoms with Crippen molar-refractivity contribution in [1.29, 1.82) is 0 Å². The van der Waals surface area contributed by atoms with E-state index in [-0.39, 0.29) is 12.5 Å². The van der Waals surface area contributed by atoms with E-state index in [0.29, 0.717) is 21.2 Å². The van der Waals surface area contributed by atoms with Crippen LogP contribution in [0.15, 0.2) is 17.0 Å². The molecule has 5 rings (SSSR count). The number of aryl methyl sites for hydroxylation is 1. The average Bonchev–Trinajstić information content (AvgIpc) is 3.13. The Morgan fingerprint density at radius 1 is 1.29 bits per heavy atom. The molecular weight excluding hydrogens is 392 g/mol. The highest BCUT2D eigenvalue weighted by Gasteiger charge is 2.42. The lowest BCUT2D eigenvalue weighted by atomic mass is 9.82. The van der Waals surface area contributed by atoms with Gasteiger partial charge in [-0.25, -0.2) is 0 Å². The third-order valence-corrected chi connectivity index (χ3v) is 7.74.